The number of nitrogens with zero attached hydrogens (tertiary/aromatic N) is 1. The lowest BCUT2D eigenvalue weighted by Crippen LogP contribution is -2.36. The van der Waals surface area contributed by atoms with Crippen LogP contribution < -0.4 is 5.73 Å². The first-order chi connectivity index (χ1) is 16.6. The molecule has 0 aromatic rings. The number of amides is 2. The number of ether oxygens (including phenoxy) is 1. The Morgan fingerprint density at radius 1 is 0.743 bits per heavy atom. The van der Waals surface area contributed by atoms with Gasteiger partial charge in [-0.3, -0.25) is 24.1 Å². The van der Waals surface area contributed by atoms with Crippen molar-refractivity contribution in [3.8, 4) is 0 Å². The van der Waals surface area contributed by atoms with Gasteiger partial charge in [-0.2, -0.15) is 0 Å². The molecule has 4 N–H and O–H groups in total. The molecular weight excluding hydrogens is 460 g/mol. The lowest BCUT2D eigenvalue weighted by molar-refractivity contribution is -0.150. The summed E-state index contributed by atoms with van der Waals surface area (Å²) in [5.74, 6) is -2.57. The molecule has 0 aromatic carbocycles. The van der Waals surface area contributed by atoms with E-state index >= 15 is 0 Å². The van der Waals surface area contributed by atoms with Gasteiger partial charge in [0, 0.05) is 30.8 Å². The largest absolute Gasteiger partial charge is 0.481 e. The van der Waals surface area contributed by atoms with Gasteiger partial charge in [0.15, 0.2) is 0 Å². The fourth-order valence-corrected chi connectivity index (χ4v) is 4.41. The summed E-state index contributed by atoms with van der Waals surface area (Å²) in [6.45, 7) is 1.14. The molecule has 2 aliphatic carbocycles. The number of hydrogen-bond acceptors (Lipinski definition) is 8. The first-order valence-corrected chi connectivity index (χ1v) is 11.7. The van der Waals surface area contributed by atoms with Gasteiger partial charge in [-0.1, -0.05) is 0 Å². The molecule has 11 nitrogen and oxygen atoms in total. The van der Waals surface area contributed by atoms with E-state index in [0.717, 1.165) is 50.7 Å². The van der Waals surface area contributed by atoms with Crippen molar-refractivity contribution in [2.24, 2.45) is 29.4 Å². The van der Waals surface area contributed by atoms with Gasteiger partial charge in [-0.15, -0.1) is 0 Å². The van der Waals surface area contributed by atoms with Gasteiger partial charge >= 0.3 is 23.9 Å². The molecule has 0 atom stereocenters. The Kier molecular flexibility index (Phi) is 10.8. The van der Waals surface area contributed by atoms with E-state index < -0.39 is 23.9 Å². The van der Waals surface area contributed by atoms with E-state index in [9.17, 15) is 28.8 Å². The van der Waals surface area contributed by atoms with Gasteiger partial charge < -0.3 is 20.7 Å². The van der Waals surface area contributed by atoms with E-state index in [0.29, 0.717) is 31.8 Å². The molecule has 4 rings (SSSR count). The number of carboxylic acids is 2. The van der Waals surface area contributed by atoms with Gasteiger partial charge in [0.05, 0.1) is 11.8 Å². The van der Waals surface area contributed by atoms with Crippen molar-refractivity contribution in [3.63, 3.8) is 0 Å². The maximum atomic E-state index is 11.4. The van der Waals surface area contributed by atoms with E-state index in [-0.39, 0.29) is 29.6 Å². The molecule has 192 valence electrons. The summed E-state index contributed by atoms with van der Waals surface area (Å²) in [7, 11) is 0. The third-order valence-corrected chi connectivity index (χ3v) is 6.62. The second kappa shape index (κ2) is 13.5. The minimum Gasteiger partial charge on any atom is -0.481 e. The zero-order valence-electron chi connectivity index (χ0n) is 19.5. The molecule has 0 saturated heterocycles. The Hall–Kier alpha value is -3.34. The standard InChI is InChI=1S/C12H15NO4.C8H15NO2.C4H2O3/c14-10-5-6-11(15)13(10)7-8-1-3-9(4-2-8)12(16)17;9-5-6-1-3-7(4-2-6)8(10)11;5-3-1-2-4(6)7-3/h5-6,8-9H,1-4,7H2,(H,16,17);6-7H,1-5,9H2,(H,10,11);1-2H. The van der Waals surface area contributed by atoms with Crippen LogP contribution in [0.2, 0.25) is 0 Å². The Morgan fingerprint density at radius 2 is 1.14 bits per heavy atom. The number of cyclic esters (lactones) is 2. The number of rotatable bonds is 5. The van der Waals surface area contributed by atoms with Crippen molar-refractivity contribution in [3.05, 3.63) is 24.3 Å². The fourth-order valence-electron chi connectivity index (χ4n) is 4.41. The smallest absolute Gasteiger partial charge is 0.338 e. The van der Waals surface area contributed by atoms with E-state index in [1.165, 1.54) is 17.1 Å². The molecule has 2 aliphatic heterocycles. The number of imide groups is 1. The van der Waals surface area contributed by atoms with Crippen LogP contribution in [0.3, 0.4) is 0 Å². The van der Waals surface area contributed by atoms with E-state index in [2.05, 4.69) is 4.74 Å². The Morgan fingerprint density at radius 3 is 1.46 bits per heavy atom. The van der Waals surface area contributed by atoms with Crippen molar-refractivity contribution < 1.29 is 43.7 Å². The molecule has 0 radical (unpaired) electrons. The number of carbonyl (C=O) groups excluding carboxylic acids is 4. The SMILES string of the molecule is NCC1CCC(C(=O)O)CC1.O=C(O)C1CCC(CN2C(=O)C=CC2=O)CC1.O=C1C=CC(=O)O1. The Balaban J connectivity index is 0.000000205. The molecule has 11 heteroatoms. The zero-order chi connectivity index (χ0) is 26.0. The van der Waals surface area contributed by atoms with Crippen molar-refractivity contribution in [1.29, 1.82) is 0 Å². The van der Waals surface area contributed by atoms with Gasteiger partial charge in [0.25, 0.3) is 11.8 Å². The Labute approximate surface area is 203 Å². The molecule has 2 fully saturated rings. The number of esters is 2. The first-order valence-electron chi connectivity index (χ1n) is 11.7. The molecule has 2 saturated carbocycles. The summed E-state index contributed by atoms with van der Waals surface area (Å²) >= 11 is 0. The van der Waals surface area contributed by atoms with E-state index in [1.54, 1.807) is 0 Å². The zero-order valence-corrected chi connectivity index (χ0v) is 19.5. The molecule has 4 aliphatic rings. The number of hydrogen-bond donors (Lipinski definition) is 3. The number of carboxylic acid groups (broad SMARTS) is 2. The van der Waals surface area contributed by atoms with Crippen LogP contribution in [0.5, 0.6) is 0 Å². The van der Waals surface area contributed by atoms with Crippen LogP contribution in [-0.4, -0.2) is 63.9 Å². The fraction of sp³-hybridized carbons (Fsp3) is 0.583. The number of aliphatic carboxylic acids is 2. The average molecular weight is 493 g/mol. The quantitative estimate of drug-likeness (QED) is 0.287. The van der Waals surface area contributed by atoms with Crippen molar-refractivity contribution in [2.75, 3.05) is 13.1 Å². The van der Waals surface area contributed by atoms with Gasteiger partial charge in [-0.25, -0.2) is 9.59 Å². The van der Waals surface area contributed by atoms with Crippen LogP contribution >= 0.6 is 0 Å². The van der Waals surface area contributed by atoms with Crippen molar-refractivity contribution >= 4 is 35.7 Å². The molecule has 0 aromatic heterocycles. The second-order valence-corrected chi connectivity index (χ2v) is 9.04. The van der Waals surface area contributed by atoms with Crippen LogP contribution in [0.15, 0.2) is 24.3 Å². The third kappa shape index (κ3) is 9.08. The molecule has 0 spiro atoms. The first kappa shape index (κ1) is 27.9. The summed E-state index contributed by atoms with van der Waals surface area (Å²) in [5, 5.41) is 17.5. The lowest BCUT2D eigenvalue weighted by Gasteiger charge is -2.28. The number of carbonyl (C=O) groups is 6. The highest BCUT2D eigenvalue weighted by atomic mass is 16.6. The van der Waals surface area contributed by atoms with Gasteiger partial charge in [0.2, 0.25) is 0 Å². The maximum Gasteiger partial charge on any atom is 0.338 e. The van der Waals surface area contributed by atoms with E-state index in [4.69, 9.17) is 15.9 Å². The summed E-state index contributed by atoms with van der Waals surface area (Å²) < 4.78 is 3.97. The van der Waals surface area contributed by atoms with Crippen LogP contribution in [0, 0.1) is 23.7 Å². The molecule has 0 unspecified atom stereocenters. The summed E-state index contributed by atoms with van der Waals surface area (Å²) in [6.07, 6.45) is 11.2. The topological polar surface area (TPSA) is 181 Å². The molecule has 2 heterocycles. The summed E-state index contributed by atoms with van der Waals surface area (Å²) in [5.41, 5.74) is 5.48. The maximum absolute atomic E-state index is 11.4. The lowest BCUT2D eigenvalue weighted by atomic mass is 9.82. The van der Waals surface area contributed by atoms with Crippen LogP contribution in [-0.2, 0) is 33.5 Å². The van der Waals surface area contributed by atoms with Gasteiger partial charge in [0.1, 0.15) is 0 Å². The second-order valence-electron chi connectivity index (χ2n) is 9.04. The summed E-state index contributed by atoms with van der Waals surface area (Å²) in [4.78, 5) is 65.1. The third-order valence-electron chi connectivity index (χ3n) is 6.62. The summed E-state index contributed by atoms with van der Waals surface area (Å²) in [6, 6.07) is 0. The van der Waals surface area contributed by atoms with Crippen molar-refractivity contribution in [2.45, 2.75) is 51.4 Å². The van der Waals surface area contributed by atoms with Gasteiger partial charge in [-0.05, 0) is 69.7 Å². The minimum atomic E-state index is -0.738. The highest BCUT2D eigenvalue weighted by Gasteiger charge is 2.31. The highest BCUT2D eigenvalue weighted by molar-refractivity contribution is 6.12. The van der Waals surface area contributed by atoms with E-state index in [1.807, 2.05) is 0 Å². The monoisotopic (exact) mass is 492 g/mol. The minimum absolute atomic E-state index is 0.0993. The molecule has 2 amide bonds. The predicted molar refractivity (Wildman–Crippen MR) is 121 cm³/mol. The van der Waals surface area contributed by atoms with Crippen LogP contribution in [0.1, 0.15) is 51.4 Å². The Bertz CT molecular complexity index is 845. The van der Waals surface area contributed by atoms with Crippen LogP contribution in [0.4, 0.5) is 0 Å². The van der Waals surface area contributed by atoms with Crippen LogP contribution in [0.25, 0.3) is 0 Å². The van der Waals surface area contributed by atoms with Crippen molar-refractivity contribution in [1.82, 2.24) is 4.90 Å². The molecule has 0 bridgehead atoms. The molecule has 35 heavy (non-hydrogen) atoms. The normalized spacial score (nSPS) is 27.5. The average Bonchev–Trinajstić information content (AvgIpc) is 3.38. The predicted octanol–water partition coefficient (Wildman–Crippen LogP) is 1.26. The number of nitrogens with two attached hydrogens (primary N) is 1. The molecular formula is C24H32N2O9. The highest BCUT2D eigenvalue weighted by Crippen LogP contribution is 2.30.